The number of fused-ring (bicyclic) bond motifs is 1. The van der Waals surface area contributed by atoms with E-state index in [4.69, 9.17) is 17.0 Å². The summed E-state index contributed by atoms with van der Waals surface area (Å²) in [5, 5.41) is 1.24. The highest BCUT2D eigenvalue weighted by Crippen LogP contribution is 2.46. The SMILES string of the molecule is CCCCn1c(=C2C(=O)N(c3ccccc3)C(=S)N2C)sc(=C2Sc3ccc(OC)cc3N2C)c1=O. The first kappa shape index (κ1) is 24.6. The molecule has 1 saturated heterocycles. The van der Waals surface area contributed by atoms with Gasteiger partial charge < -0.3 is 14.5 Å². The molecule has 2 aliphatic rings. The molecular formula is C26H26N4O3S3. The molecule has 5 rings (SSSR count). The smallest absolute Gasteiger partial charge is 0.284 e. The summed E-state index contributed by atoms with van der Waals surface area (Å²) in [7, 11) is 5.38. The van der Waals surface area contributed by atoms with E-state index < -0.39 is 0 Å². The largest absolute Gasteiger partial charge is 0.497 e. The number of rotatable bonds is 5. The van der Waals surface area contributed by atoms with E-state index in [0.29, 0.717) is 32.2 Å². The Morgan fingerprint density at radius 2 is 1.78 bits per heavy atom. The van der Waals surface area contributed by atoms with Gasteiger partial charge in [0.1, 0.15) is 25.7 Å². The number of thiocarbonyl (C=S) groups is 1. The van der Waals surface area contributed by atoms with Crippen LogP contribution in [0.2, 0.25) is 0 Å². The Labute approximate surface area is 222 Å². The number of likely N-dealkylation sites (N-methyl/N-ethyl adjacent to an activating group) is 1. The zero-order valence-electron chi connectivity index (χ0n) is 20.5. The van der Waals surface area contributed by atoms with Crippen molar-refractivity contribution in [2.45, 2.75) is 31.2 Å². The normalized spacial score (nSPS) is 18.4. The highest BCUT2D eigenvalue weighted by molar-refractivity contribution is 8.08. The summed E-state index contributed by atoms with van der Waals surface area (Å²) >= 11 is 8.58. The Morgan fingerprint density at radius 1 is 1.03 bits per heavy atom. The van der Waals surface area contributed by atoms with Crippen molar-refractivity contribution in [1.82, 2.24) is 9.47 Å². The van der Waals surface area contributed by atoms with Gasteiger partial charge in [-0.05, 0) is 42.9 Å². The van der Waals surface area contributed by atoms with E-state index in [1.807, 2.05) is 60.5 Å². The van der Waals surface area contributed by atoms with Crippen molar-refractivity contribution in [2.75, 3.05) is 31.0 Å². The maximum absolute atomic E-state index is 13.8. The van der Waals surface area contributed by atoms with Gasteiger partial charge >= 0.3 is 0 Å². The Kier molecular flexibility index (Phi) is 6.67. The molecule has 3 heterocycles. The Morgan fingerprint density at radius 3 is 2.47 bits per heavy atom. The summed E-state index contributed by atoms with van der Waals surface area (Å²) in [4.78, 5) is 33.9. The van der Waals surface area contributed by atoms with Crippen molar-refractivity contribution in [3.05, 3.63) is 68.1 Å². The van der Waals surface area contributed by atoms with Gasteiger partial charge in [0.15, 0.2) is 5.11 Å². The number of hydrogen-bond donors (Lipinski definition) is 0. The molecule has 36 heavy (non-hydrogen) atoms. The van der Waals surface area contributed by atoms with Crippen LogP contribution < -0.4 is 29.3 Å². The fourth-order valence-electron chi connectivity index (χ4n) is 4.32. The van der Waals surface area contributed by atoms with E-state index in [0.717, 1.165) is 34.2 Å². The Bertz CT molecular complexity index is 1540. The molecule has 2 aromatic carbocycles. The molecule has 0 bridgehead atoms. The number of anilines is 2. The van der Waals surface area contributed by atoms with Crippen molar-refractivity contribution in [3.8, 4) is 5.75 Å². The van der Waals surface area contributed by atoms with Gasteiger partial charge in [0.25, 0.3) is 11.5 Å². The monoisotopic (exact) mass is 538 g/mol. The van der Waals surface area contributed by atoms with Gasteiger partial charge in [-0.1, -0.05) is 43.3 Å². The molecule has 0 unspecified atom stereocenters. The topological polar surface area (TPSA) is 58.0 Å². The number of hydrogen-bond acceptors (Lipinski definition) is 7. The molecular weight excluding hydrogens is 513 g/mol. The highest BCUT2D eigenvalue weighted by atomic mass is 32.2. The molecule has 2 aliphatic heterocycles. The molecule has 7 nitrogen and oxygen atoms in total. The van der Waals surface area contributed by atoms with E-state index in [2.05, 4.69) is 6.92 Å². The van der Waals surface area contributed by atoms with Gasteiger partial charge in [-0.25, -0.2) is 0 Å². The minimum atomic E-state index is -0.225. The maximum atomic E-state index is 13.8. The minimum absolute atomic E-state index is 0.0876. The molecule has 1 amide bonds. The zero-order valence-corrected chi connectivity index (χ0v) is 22.9. The predicted molar refractivity (Wildman–Crippen MR) is 151 cm³/mol. The number of amides is 1. The number of thioether (sulfide) groups is 1. The first-order chi connectivity index (χ1) is 17.4. The molecule has 0 atom stereocenters. The van der Waals surface area contributed by atoms with E-state index >= 15 is 0 Å². The number of benzene rings is 2. The third-order valence-electron chi connectivity index (χ3n) is 6.29. The first-order valence-corrected chi connectivity index (χ1v) is 13.7. The molecule has 0 aliphatic carbocycles. The third kappa shape index (κ3) is 3.93. The molecule has 0 radical (unpaired) electrons. The fraction of sp³-hybridized carbons (Fsp3) is 0.269. The Hall–Kier alpha value is -3.08. The van der Waals surface area contributed by atoms with Crippen LogP contribution in [-0.2, 0) is 11.3 Å². The van der Waals surface area contributed by atoms with Gasteiger partial charge in [0.2, 0.25) is 0 Å². The molecule has 0 spiro atoms. The maximum Gasteiger partial charge on any atom is 0.284 e. The van der Waals surface area contributed by atoms with Crippen molar-refractivity contribution < 1.29 is 9.53 Å². The summed E-state index contributed by atoms with van der Waals surface area (Å²) in [5.74, 6) is 0.537. The number of aromatic nitrogens is 1. The molecule has 10 heteroatoms. The van der Waals surface area contributed by atoms with Crippen LogP contribution in [0, 0.1) is 0 Å². The summed E-state index contributed by atoms with van der Waals surface area (Å²) < 4.78 is 8.39. The van der Waals surface area contributed by atoms with E-state index in [9.17, 15) is 9.59 Å². The molecule has 3 aromatic rings. The van der Waals surface area contributed by atoms with Gasteiger partial charge in [0.05, 0.1) is 18.5 Å². The quantitative estimate of drug-likeness (QED) is 0.462. The van der Waals surface area contributed by atoms with E-state index in [-0.39, 0.29) is 11.5 Å². The molecule has 0 saturated carbocycles. The second kappa shape index (κ2) is 9.76. The fourth-order valence-corrected chi connectivity index (χ4v) is 7.13. The van der Waals surface area contributed by atoms with Gasteiger partial charge in [0, 0.05) is 31.6 Å². The van der Waals surface area contributed by atoms with Gasteiger partial charge in [-0.2, -0.15) is 0 Å². The van der Waals surface area contributed by atoms with Crippen LogP contribution in [0.15, 0.2) is 58.2 Å². The van der Waals surface area contributed by atoms with Crippen LogP contribution in [0.4, 0.5) is 11.4 Å². The molecule has 0 N–H and O–H groups in total. The van der Waals surface area contributed by atoms with Crippen LogP contribution in [0.3, 0.4) is 0 Å². The lowest BCUT2D eigenvalue weighted by molar-refractivity contribution is -0.112. The lowest BCUT2D eigenvalue weighted by Gasteiger charge is -2.16. The molecule has 1 aromatic heterocycles. The number of unbranched alkanes of at least 4 members (excludes halogenated alkanes) is 1. The number of thiazole rings is 1. The average molecular weight is 539 g/mol. The highest BCUT2D eigenvalue weighted by Gasteiger charge is 2.39. The van der Waals surface area contributed by atoms with Crippen LogP contribution in [0.1, 0.15) is 19.8 Å². The van der Waals surface area contributed by atoms with Crippen molar-refractivity contribution in [2.24, 2.45) is 0 Å². The average Bonchev–Trinajstić information content (AvgIpc) is 3.46. The number of para-hydroxylation sites is 1. The summed E-state index contributed by atoms with van der Waals surface area (Å²) in [5.41, 5.74) is 2.04. The van der Waals surface area contributed by atoms with Crippen LogP contribution in [0.5, 0.6) is 5.75 Å². The van der Waals surface area contributed by atoms with Gasteiger partial charge in [-0.15, -0.1) is 11.3 Å². The zero-order chi connectivity index (χ0) is 25.6. The van der Waals surface area contributed by atoms with Crippen LogP contribution >= 0.6 is 35.3 Å². The second-order valence-electron chi connectivity index (χ2n) is 8.51. The summed E-state index contributed by atoms with van der Waals surface area (Å²) in [6.07, 6.45) is 1.76. The summed E-state index contributed by atoms with van der Waals surface area (Å²) in [6, 6.07) is 15.3. The van der Waals surface area contributed by atoms with Crippen molar-refractivity contribution in [3.63, 3.8) is 0 Å². The van der Waals surface area contributed by atoms with Crippen LogP contribution in [-0.4, -0.2) is 41.7 Å². The number of carbonyl (C=O) groups excluding carboxylic acids is 1. The summed E-state index contributed by atoms with van der Waals surface area (Å²) in [6.45, 7) is 2.62. The van der Waals surface area contributed by atoms with Crippen LogP contribution in [0.25, 0.3) is 10.7 Å². The molecule has 1 fully saturated rings. The van der Waals surface area contributed by atoms with Crippen molar-refractivity contribution >= 4 is 68.4 Å². The first-order valence-electron chi connectivity index (χ1n) is 11.6. The minimum Gasteiger partial charge on any atom is -0.497 e. The Balaban J connectivity index is 1.73. The van der Waals surface area contributed by atoms with E-state index in [1.165, 1.54) is 16.2 Å². The van der Waals surface area contributed by atoms with E-state index in [1.54, 1.807) is 35.4 Å². The number of nitrogens with zero attached hydrogens (tertiary/aromatic N) is 4. The van der Waals surface area contributed by atoms with Crippen molar-refractivity contribution in [1.29, 1.82) is 0 Å². The predicted octanol–water partition coefficient (Wildman–Crippen LogP) is 3.40. The second-order valence-corrected chi connectivity index (χ2v) is 10.9. The third-order valence-corrected chi connectivity index (χ3v) is 9.29. The molecule has 186 valence electrons. The lowest BCUT2D eigenvalue weighted by atomic mass is 10.3. The number of carbonyl (C=O) groups is 1. The van der Waals surface area contributed by atoms with Gasteiger partial charge in [-0.3, -0.25) is 19.1 Å². The number of ether oxygens (including phenoxy) is 1. The number of methoxy groups -OCH3 is 1. The standard InChI is InChI=1S/C26H26N4O3S3/c1-5-6-14-29-23(32)21(25-27(2)18-15-17(33-4)12-13-19(18)35-25)36-24(29)20-22(31)30(26(34)28(20)3)16-10-8-7-9-11-16/h7-13,15H,5-6,14H2,1-4H3. The lowest BCUT2D eigenvalue weighted by Crippen LogP contribution is -2.36.